The van der Waals surface area contributed by atoms with E-state index in [1.54, 1.807) is 28.3 Å². The van der Waals surface area contributed by atoms with Crippen LogP contribution in [0.2, 0.25) is 5.02 Å². The molecule has 12 nitrogen and oxygen atoms in total. The molecule has 2 aromatic heterocycles. The summed E-state index contributed by atoms with van der Waals surface area (Å²) in [5.41, 5.74) is 7.16. The first-order valence-electron chi connectivity index (χ1n) is 18.2. The minimum absolute atomic E-state index is 0.0966. The van der Waals surface area contributed by atoms with Crippen LogP contribution in [0.3, 0.4) is 0 Å². The lowest BCUT2D eigenvalue weighted by Gasteiger charge is -2.60. The van der Waals surface area contributed by atoms with Crippen LogP contribution in [0.25, 0.3) is 39.0 Å². The molecule has 8 rings (SSSR count). The lowest BCUT2D eigenvalue weighted by Crippen LogP contribution is -2.72. The number of fused-ring (bicyclic) bond motifs is 1. The van der Waals surface area contributed by atoms with Gasteiger partial charge in [0.1, 0.15) is 11.5 Å². The molecule has 2 amide bonds. The lowest BCUT2D eigenvalue weighted by atomic mass is 9.72. The Labute approximate surface area is 319 Å². The number of nitrogens with zero attached hydrogens (tertiary/aromatic N) is 5. The number of nitrogens with one attached hydrogen (secondary N) is 2. The molecule has 5 heterocycles. The van der Waals surface area contributed by atoms with Crippen molar-refractivity contribution in [2.45, 2.75) is 38.9 Å². The summed E-state index contributed by atoms with van der Waals surface area (Å²) in [5.74, 6) is 2.17. The highest BCUT2D eigenvalue weighted by molar-refractivity contribution is 6.36. The molecule has 5 aromatic rings. The fourth-order valence-corrected chi connectivity index (χ4v) is 8.58. The number of aromatic nitrogens is 3. The number of methoxy groups -OCH3 is 3. The standard InChI is InChI=1S/C41H44ClN7O5/c1-25(50)48-23-41(24-48)21-47(22-41)20-26-11-13-34(46-40(26)54-4)31-9-5-8-30(39(31)42)29-7-6-10-35-32(29)19-44-49(35)28-15-36(52-2)33(37(16-28)53-3)18-43-17-27-12-14-38(51)45-27/h5-11,13,15-16,19,27,43H,12,14,17-18,20-24H2,1-4H3,(H,45,51)/t27-/m0/s1. The van der Waals surface area contributed by atoms with Gasteiger partial charge in [-0.2, -0.15) is 5.10 Å². The zero-order valence-corrected chi connectivity index (χ0v) is 31.7. The summed E-state index contributed by atoms with van der Waals surface area (Å²) in [6, 6.07) is 20.2. The molecule has 54 heavy (non-hydrogen) atoms. The number of carbonyl (C=O) groups excluding carboxylic acids is 2. The number of benzene rings is 3. The molecule has 0 unspecified atom stereocenters. The average molecular weight is 750 g/mol. The minimum atomic E-state index is 0.0966. The Kier molecular flexibility index (Phi) is 9.67. The molecule has 3 aliphatic rings. The fraction of sp³-hybridized carbons (Fsp3) is 0.366. The number of pyridine rings is 1. The number of ether oxygens (including phenoxy) is 3. The highest BCUT2D eigenvalue weighted by atomic mass is 35.5. The van der Waals surface area contributed by atoms with Gasteiger partial charge in [-0.3, -0.25) is 14.5 Å². The third kappa shape index (κ3) is 6.63. The van der Waals surface area contributed by atoms with E-state index in [-0.39, 0.29) is 23.3 Å². The minimum Gasteiger partial charge on any atom is -0.496 e. The smallest absolute Gasteiger partial charge is 0.220 e. The maximum absolute atomic E-state index is 11.7. The molecule has 1 atom stereocenters. The van der Waals surface area contributed by atoms with Crippen molar-refractivity contribution >= 4 is 34.3 Å². The molecule has 3 aromatic carbocycles. The van der Waals surface area contributed by atoms with Crippen LogP contribution in [-0.2, 0) is 22.7 Å². The predicted octanol–water partition coefficient (Wildman–Crippen LogP) is 5.47. The lowest BCUT2D eigenvalue weighted by molar-refractivity contribution is -0.157. The molecule has 3 saturated heterocycles. The van der Waals surface area contributed by atoms with Crippen molar-refractivity contribution in [2.75, 3.05) is 54.1 Å². The quantitative estimate of drug-likeness (QED) is 0.171. The molecule has 3 fully saturated rings. The number of amides is 2. The second kappa shape index (κ2) is 14.6. The maximum Gasteiger partial charge on any atom is 0.220 e. The Morgan fingerprint density at radius 2 is 1.69 bits per heavy atom. The van der Waals surface area contributed by atoms with E-state index in [0.29, 0.717) is 41.9 Å². The first kappa shape index (κ1) is 35.8. The Morgan fingerprint density at radius 1 is 0.963 bits per heavy atom. The summed E-state index contributed by atoms with van der Waals surface area (Å²) in [6.07, 6.45) is 3.25. The van der Waals surface area contributed by atoms with E-state index >= 15 is 0 Å². The number of rotatable bonds is 12. The van der Waals surface area contributed by atoms with E-state index < -0.39 is 0 Å². The summed E-state index contributed by atoms with van der Waals surface area (Å²) >= 11 is 7.22. The summed E-state index contributed by atoms with van der Waals surface area (Å²) in [5, 5.41) is 12.8. The van der Waals surface area contributed by atoms with Gasteiger partial charge in [0.05, 0.1) is 55.0 Å². The molecule has 0 aliphatic carbocycles. The Hall–Kier alpha value is -5.17. The van der Waals surface area contributed by atoms with Crippen LogP contribution in [0.4, 0.5) is 0 Å². The van der Waals surface area contributed by atoms with Crippen molar-refractivity contribution in [3.05, 3.63) is 83.0 Å². The van der Waals surface area contributed by atoms with E-state index in [1.165, 1.54) is 0 Å². The van der Waals surface area contributed by atoms with E-state index in [2.05, 4.69) is 27.7 Å². The number of hydrogen-bond donors (Lipinski definition) is 2. The molecule has 1 spiro atoms. The van der Waals surface area contributed by atoms with Crippen molar-refractivity contribution in [1.82, 2.24) is 35.2 Å². The number of halogens is 1. The van der Waals surface area contributed by atoms with Crippen LogP contribution in [-0.4, -0.2) is 96.5 Å². The Morgan fingerprint density at radius 3 is 2.37 bits per heavy atom. The Balaban J connectivity index is 1.04. The van der Waals surface area contributed by atoms with E-state index in [9.17, 15) is 9.59 Å². The first-order chi connectivity index (χ1) is 26.2. The van der Waals surface area contributed by atoms with Gasteiger partial charge in [0, 0.05) is 105 Å². The third-order valence-electron chi connectivity index (χ3n) is 10.9. The SMILES string of the molecule is COc1cc(-n2ncc3c(-c4cccc(-c5ccc(CN6CC7(C6)CN(C(C)=O)C7)c(OC)n5)c4Cl)cccc32)cc(OC)c1CNC[C@@H]1CCC(=O)N1. The molecule has 0 radical (unpaired) electrons. The van der Waals surface area contributed by atoms with Gasteiger partial charge in [-0.1, -0.05) is 48.0 Å². The van der Waals surface area contributed by atoms with Gasteiger partial charge in [0.2, 0.25) is 17.7 Å². The monoisotopic (exact) mass is 749 g/mol. The van der Waals surface area contributed by atoms with Gasteiger partial charge in [-0.25, -0.2) is 9.67 Å². The zero-order valence-electron chi connectivity index (χ0n) is 30.9. The first-order valence-corrected chi connectivity index (χ1v) is 18.6. The van der Waals surface area contributed by atoms with Crippen LogP contribution in [0.1, 0.15) is 30.9 Å². The highest BCUT2D eigenvalue weighted by Crippen LogP contribution is 2.43. The normalized spacial score (nSPS) is 17.7. The second-order valence-corrected chi connectivity index (χ2v) is 15.0. The molecule has 2 N–H and O–H groups in total. The summed E-state index contributed by atoms with van der Waals surface area (Å²) < 4.78 is 19.3. The summed E-state index contributed by atoms with van der Waals surface area (Å²) in [7, 11) is 4.94. The molecular formula is C41H44ClN7O5. The van der Waals surface area contributed by atoms with Gasteiger partial charge in [0.15, 0.2) is 0 Å². The predicted molar refractivity (Wildman–Crippen MR) is 207 cm³/mol. The van der Waals surface area contributed by atoms with Crippen molar-refractivity contribution < 1.29 is 23.8 Å². The van der Waals surface area contributed by atoms with Gasteiger partial charge in [-0.05, 0) is 24.1 Å². The van der Waals surface area contributed by atoms with E-state index in [1.807, 2.05) is 64.3 Å². The largest absolute Gasteiger partial charge is 0.496 e. The van der Waals surface area contributed by atoms with Crippen molar-refractivity contribution in [1.29, 1.82) is 0 Å². The number of likely N-dealkylation sites (tertiary alicyclic amines) is 2. The van der Waals surface area contributed by atoms with Crippen molar-refractivity contribution in [2.24, 2.45) is 5.41 Å². The Bertz CT molecular complexity index is 2220. The second-order valence-electron chi connectivity index (χ2n) is 14.6. The van der Waals surface area contributed by atoms with Crippen molar-refractivity contribution in [3.63, 3.8) is 0 Å². The fourth-order valence-electron chi connectivity index (χ4n) is 8.26. The van der Waals surface area contributed by atoms with E-state index in [4.69, 9.17) is 35.9 Å². The molecule has 3 aliphatic heterocycles. The number of hydrogen-bond acceptors (Lipinski definition) is 9. The van der Waals surface area contributed by atoms with Crippen molar-refractivity contribution in [3.8, 4) is 45.5 Å². The van der Waals surface area contributed by atoms with Gasteiger partial charge in [-0.15, -0.1) is 0 Å². The van der Waals surface area contributed by atoms with Crippen LogP contribution in [0.5, 0.6) is 17.4 Å². The zero-order chi connectivity index (χ0) is 37.6. The average Bonchev–Trinajstić information content (AvgIpc) is 3.78. The van der Waals surface area contributed by atoms with Gasteiger partial charge in [0.25, 0.3) is 0 Å². The third-order valence-corrected chi connectivity index (χ3v) is 11.3. The van der Waals surface area contributed by atoms with Crippen LogP contribution < -0.4 is 24.8 Å². The topological polar surface area (TPSA) is 123 Å². The summed E-state index contributed by atoms with van der Waals surface area (Å²) in [6.45, 7) is 7.16. The summed E-state index contributed by atoms with van der Waals surface area (Å²) in [4.78, 5) is 32.5. The number of carbonyl (C=O) groups is 2. The van der Waals surface area contributed by atoms with E-state index in [0.717, 1.165) is 89.2 Å². The maximum atomic E-state index is 11.7. The molecule has 0 saturated carbocycles. The highest BCUT2D eigenvalue weighted by Gasteiger charge is 2.52. The van der Waals surface area contributed by atoms with Crippen LogP contribution >= 0.6 is 11.6 Å². The van der Waals surface area contributed by atoms with Crippen LogP contribution in [0.15, 0.2) is 66.9 Å². The van der Waals surface area contributed by atoms with Gasteiger partial charge < -0.3 is 29.7 Å². The molecule has 0 bridgehead atoms. The van der Waals surface area contributed by atoms with Gasteiger partial charge >= 0.3 is 0 Å². The molecule has 13 heteroatoms. The molecular weight excluding hydrogens is 706 g/mol. The molecule has 280 valence electrons. The van der Waals surface area contributed by atoms with Crippen LogP contribution in [0, 0.1) is 5.41 Å².